The zero-order chi connectivity index (χ0) is 14.6. The van der Waals surface area contributed by atoms with E-state index in [2.05, 4.69) is 15.6 Å². The average Bonchev–Trinajstić information content (AvgIpc) is 2.88. The second-order valence-electron chi connectivity index (χ2n) is 4.96. The molecule has 1 N–H and O–H groups in total. The predicted molar refractivity (Wildman–Crippen MR) is 65.4 cm³/mol. The third-order valence-corrected chi connectivity index (χ3v) is 3.34. The summed E-state index contributed by atoms with van der Waals surface area (Å²) in [6, 6.07) is 0.209. The van der Waals surface area contributed by atoms with Crippen molar-refractivity contribution in [2.45, 2.75) is 44.3 Å². The molecule has 5 nitrogen and oxygen atoms in total. The summed E-state index contributed by atoms with van der Waals surface area (Å²) in [6.07, 6.45) is -2.15. The van der Waals surface area contributed by atoms with Crippen LogP contribution in [0.5, 0.6) is 0 Å². The van der Waals surface area contributed by atoms with Crippen molar-refractivity contribution in [3.8, 4) is 0 Å². The molecule has 1 aliphatic heterocycles. The Labute approximate surface area is 114 Å². The molecule has 2 heterocycles. The summed E-state index contributed by atoms with van der Waals surface area (Å²) >= 11 is 0. The summed E-state index contributed by atoms with van der Waals surface area (Å²) in [5.41, 5.74) is 0.158. The number of ketones is 1. The molecule has 0 atom stereocenters. The van der Waals surface area contributed by atoms with E-state index in [1.807, 2.05) is 0 Å². The Hall–Kier alpha value is -1.44. The topological polar surface area (TPSA) is 59.8 Å². The van der Waals surface area contributed by atoms with Gasteiger partial charge < -0.3 is 5.32 Å². The molecule has 112 valence electrons. The van der Waals surface area contributed by atoms with Gasteiger partial charge in [0, 0.05) is 12.8 Å². The Bertz CT molecular complexity index is 452. The molecule has 0 radical (unpaired) electrons. The number of piperidine rings is 1. The fourth-order valence-corrected chi connectivity index (χ4v) is 2.23. The summed E-state index contributed by atoms with van der Waals surface area (Å²) in [6.45, 7) is 1.78. The molecule has 1 aromatic rings. The molecule has 2 rings (SSSR count). The molecule has 1 aliphatic rings. The minimum absolute atomic E-state index is 0.148. The van der Waals surface area contributed by atoms with Crippen LogP contribution in [0.1, 0.15) is 48.6 Å². The van der Waals surface area contributed by atoms with Gasteiger partial charge in [0.25, 0.3) is 0 Å². The van der Waals surface area contributed by atoms with E-state index >= 15 is 0 Å². The number of aromatic nitrogens is 3. The number of hydrogen-bond acceptors (Lipinski definition) is 4. The van der Waals surface area contributed by atoms with E-state index in [4.69, 9.17) is 0 Å². The number of alkyl halides is 3. The highest BCUT2D eigenvalue weighted by Crippen LogP contribution is 2.23. The van der Waals surface area contributed by atoms with Gasteiger partial charge in [-0.3, -0.25) is 4.79 Å². The number of rotatable bonds is 5. The van der Waals surface area contributed by atoms with E-state index in [0.29, 0.717) is 0 Å². The van der Waals surface area contributed by atoms with Crippen LogP contribution in [0, 0.1) is 0 Å². The molecular formula is C12H17F3N4O. The first-order valence-electron chi connectivity index (χ1n) is 6.68. The van der Waals surface area contributed by atoms with E-state index < -0.39 is 12.6 Å². The van der Waals surface area contributed by atoms with Crippen LogP contribution in [0.2, 0.25) is 0 Å². The SMILES string of the molecule is O=C(CCCC(F)(F)F)c1cn(C2CCNCC2)nn1. The molecule has 0 saturated carbocycles. The summed E-state index contributed by atoms with van der Waals surface area (Å²) in [4.78, 5) is 11.7. The average molecular weight is 290 g/mol. The molecule has 1 saturated heterocycles. The normalized spacial score (nSPS) is 17.4. The standard InChI is InChI=1S/C12H17F3N4O/c13-12(14,15)5-1-2-11(20)10-8-19(18-17-10)9-3-6-16-7-4-9/h8-9,16H,1-7H2. The van der Waals surface area contributed by atoms with Crippen LogP contribution in [-0.2, 0) is 0 Å². The molecule has 1 aromatic heterocycles. The first-order valence-corrected chi connectivity index (χ1v) is 6.68. The van der Waals surface area contributed by atoms with Crippen molar-refractivity contribution in [1.29, 1.82) is 0 Å². The summed E-state index contributed by atoms with van der Waals surface area (Å²) in [5, 5.41) is 10.9. The lowest BCUT2D eigenvalue weighted by Crippen LogP contribution is -2.29. The lowest BCUT2D eigenvalue weighted by molar-refractivity contribution is -0.135. The lowest BCUT2D eigenvalue weighted by Gasteiger charge is -2.22. The highest BCUT2D eigenvalue weighted by molar-refractivity contribution is 5.93. The highest BCUT2D eigenvalue weighted by atomic mass is 19.4. The zero-order valence-corrected chi connectivity index (χ0v) is 11.0. The van der Waals surface area contributed by atoms with Crippen LogP contribution >= 0.6 is 0 Å². The first kappa shape index (κ1) is 15.0. The van der Waals surface area contributed by atoms with Gasteiger partial charge in [-0.25, -0.2) is 4.68 Å². The second-order valence-corrected chi connectivity index (χ2v) is 4.96. The van der Waals surface area contributed by atoms with E-state index in [1.165, 1.54) is 0 Å². The van der Waals surface area contributed by atoms with Gasteiger partial charge in [-0.15, -0.1) is 5.10 Å². The van der Waals surface area contributed by atoms with Crippen molar-refractivity contribution in [1.82, 2.24) is 20.3 Å². The third kappa shape index (κ3) is 4.29. The second kappa shape index (κ2) is 6.34. The fourth-order valence-electron chi connectivity index (χ4n) is 2.23. The van der Waals surface area contributed by atoms with E-state index in [9.17, 15) is 18.0 Å². The minimum atomic E-state index is -4.22. The maximum atomic E-state index is 12.0. The number of halogens is 3. The largest absolute Gasteiger partial charge is 0.389 e. The quantitative estimate of drug-likeness (QED) is 0.844. The van der Waals surface area contributed by atoms with E-state index in [1.54, 1.807) is 10.9 Å². The maximum absolute atomic E-state index is 12.0. The summed E-state index contributed by atoms with van der Waals surface area (Å²) in [5.74, 6) is -0.380. The van der Waals surface area contributed by atoms with Crippen LogP contribution in [0.4, 0.5) is 13.2 Å². The van der Waals surface area contributed by atoms with Gasteiger partial charge in [-0.05, 0) is 32.4 Å². The molecule has 1 fully saturated rings. The van der Waals surface area contributed by atoms with Gasteiger partial charge in [0.1, 0.15) is 5.69 Å². The first-order chi connectivity index (χ1) is 9.46. The highest BCUT2D eigenvalue weighted by Gasteiger charge is 2.27. The molecule has 0 unspecified atom stereocenters. The summed E-state index contributed by atoms with van der Waals surface area (Å²) < 4.78 is 37.7. The van der Waals surface area contributed by atoms with Gasteiger partial charge in [0.15, 0.2) is 5.78 Å². The van der Waals surface area contributed by atoms with Crippen LogP contribution in [0.25, 0.3) is 0 Å². The van der Waals surface area contributed by atoms with Crippen LogP contribution in [0.3, 0.4) is 0 Å². The van der Waals surface area contributed by atoms with Crippen LogP contribution < -0.4 is 5.32 Å². The van der Waals surface area contributed by atoms with Crippen molar-refractivity contribution in [3.63, 3.8) is 0 Å². The number of nitrogens with zero attached hydrogens (tertiary/aromatic N) is 3. The number of hydrogen-bond donors (Lipinski definition) is 1. The van der Waals surface area contributed by atoms with Crippen LogP contribution in [0.15, 0.2) is 6.20 Å². The number of nitrogens with one attached hydrogen (secondary N) is 1. The smallest absolute Gasteiger partial charge is 0.317 e. The van der Waals surface area contributed by atoms with Gasteiger partial charge >= 0.3 is 6.18 Å². The molecule has 0 spiro atoms. The van der Waals surface area contributed by atoms with Gasteiger partial charge in [-0.2, -0.15) is 13.2 Å². The van der Waals surface area contributed by atoms with Crippen molar-refractivity contribution in [2.75, 3.05) is 13.1 Å². The molecule has 0 aliphatic carbocycles. The van der Waals surface area contributed by atoms with Crippen molar-refractivity contribution >= 4 is 5.78 Å². The Balaban J connectivity index is 1.86. The van der Waals surface area contributed by atoms with Gasteiger partial charge in [0.2, 0.25) is 0 Å². The van der Waals surface area contributed by atoms with Gasteiger partial charge in [-0.1, -0.05) is 5.21 Å². The number of carbonyl (C=O) groups excluding carboxylic acids is 1. The fraction of sp³-hybridized carbons (Fsp3) is 0.750. The molecule has 0 amide bonds. The van der Waals surface area contributed by atoms with E-state index in [0.717, 1.165) is 25.9 Å². The number of Topliss-reactive ketones (excluding diaryl/α,β-unsaturated/α-hetero) is 1. The Morgan fingerprint density at radius 1 is 1.40 bits per heavy atom. The van der Waals surface area contributed by atoms with E-state index in [-0.39, 0.29) is 30.4 Å². The number of carbonyl (C=O) groups is 1. The lowest BCUT2D eigenvalue weighted by atomic mass is 10.1. The minimum Gasteiger partial charge on any atom is -0.317 e. The Kier molecular flexibility index (Phi) is 4.74. The molecule has 8 heteroatoms. The predicted octanol–water partition coefficient (Wildman–Crippen LogP) is 2.12. The van der Waals surface area contributed by atoms with Gasteiger partial charge in [0.05, 0.1) is 12.2 Å². The molecule has 0 aromatic carbocycles. The molecular weight excluding hydrogens is 273 g/mol. The van der Waals surface area contributed by atoms with Crippen molar-refractivity contribution < 1.29 is 18.0 Å². The summed E-state index contributed by atoms with van der Waals surface area (Å²) in [7, 11) is 0. The third-order valence-electron chi connectivity index (χ3n) is 3.34. The molecule has 20 heavy (non-hydrogen) atoms. The Morgan fingerprint density at radius 2 is 2.10 bits per heavy atom. The van der Waals surface area contributed by atoms with Crippen molar-refractivity contribution in [2.24, 2.45) is 0 Å². The van der Waals surface area contributed by atoms with Crippen molar-refractivity contribution in [3.05, 3.63) is 11.9 Å². The maximum Gasteiger partial charge on any atom is 0.389 e. The molecule has 0 bridgehead atoms. The zero-order valence-electron chi connectivity index (χ0n) is 11.0. The van der Waals surface area contributed by atoms with Crippen LogP contribution in [-0.4, -0.2) is 40.0 Å². The monoisotopic (exact) mass is 290 g/mol. The Morgan fingerprint density at radius 3 is 2.75 bits per heavy atom.